The van der Waals surface area contributed by atoms with E-state index in [2.05, 4.69) is 15.4 Å². The van der Waals surface area contributed by atoms with Gasteiger partial charge in [0.15, 0.2) is 5.69 Å². The molecule has 2 N–H and O–H groups in total. The van der Waals surface area contributed by atoms with Crippen molar-refractivity contribution < 1.29 is 24.4 Å². The number of hydrogen-bond donors (Lipinski definition) is 2. The van der Waals surface area contributed by atoms with Crippen LogP contribution in [-0.4, -0.2) is 36.7 Å². The maximum Gasteiger partial charge on any atom is 0.354 e. The summed E-state index contributed by atoms with van der Waals surface area (Å²) in [7, 11) is 1.38. The molecule has 0 fully saturated rings. The van der Waals surface area contributed by atoms with Crippen LogP contribution in [0.15, 0.2) is 48.9 Å². The number of benzene rings is 1. The van der Waals surface area contributed by atoms with Crippen LogP contribution in [0.25, 0.3) is 0 Å². The molecule has 0 aliphatic rings. The minimum Gasteiger partial charge on any atom is -0.477 e. The second kappa shape index (κ2) is 7.53. The van der Waals surface area contributed by atoms with Gasteiger partial charge in [0.1, 0.15) is 11.5 Å². The fourth-order valence-corrected chi connectivity index (χ4v) is 2.42. The number of carbonyl (C=O) groups is 2. The molecule has 0 aliphatic heterocycles. The van der Waals surface area contributed by atoms with Gasteiger partial charge in [-0.2, -0.15) is 5.10 Å². The fraction of sp³-hybridized carbons (Fsp3) is 0.0588. The topological polar surface area (TPSA) is 149 Å². The smallest absolute Gasteiger partial charge is 0.354 e. The quantitative estimate of drug-likeness (QED) is 0.487. The van der Waals surface area contributed by atoms with Crippen molar-refractivity contribution in [3.63, 3.8) is 0 Å². The largest absolute Gasteiger partial charge is 0.477 e. The number of nitro benzene ring substituents is 1. The Morgan fingerprint density at radius 1 is 1.25 bits per heavy atom. The number of aryl methyl sites for hydroxylation is 1. The second-order valence-electron chi connectivity index (χ2n) is 5.55. The van der Waals surface area contributed by atoms with Crippen LogP contribution in [0.1, 0.15) is 20.8 Å². The number of hydrogen-bond acceptors (Lipinski definition) is 7. The summed E-state index contributed by atoms with van der Waals surface area (Å²) in [6.07, 6.45) is 4.06. The third-order valence-electron chi connectivity index (χ3n) is 3.62. The van der Waals surface area contributed by atoms with Gasteiger partial charge < -0.3 is 15.2 Å². The summed E-state index contributed by atoms with van der Waals surface area (Å²) in [6, 6.07) is 6.93. The third-order valence-corrected chi connectivity index (χ3v) is 3.62. The van der Waals surface area contributed by atoms with Crippen LogP contribution in [0.5, 0.6) is 11.5 Å². The zero-order valence-corrected chi connectivity index (χ0v) is 14.4. The molecule has 1 aromatic carbocycles. The zero-order valence-electron chi connectivity index (χ0n) is 14.4. The highest BCUT2D eigenvalue weighted by Crippen LogP contribution is 2.29. The molecule has 2 aromatic heterocycles. The van der Waals surface area contributed by atoms with E-state index in [1.165, 1.54) is 25.4 Å². The number of nitro groups is 1. The number of carboxylic acid groups (broad SMARTS) is 1. The van der Waals surface area contributed by atoms with Crippen LogP contribution in [-0.2, 0) is 7.05 Å². The van der Waals surface area contributed by atoms with Gasteiger partial charge in [-0.25, -0.2) is 4.79 Å². The summed E-state index contributed by atoms with van der Waals surface area (Å²) in [5, 5.41) is 26.6. The Kier molecular flexibility index (Phi) is 4.98. The Morgan fingerprint density at radius 3 is 2.68 bits per heavy atom. The zero-order chi connectivity index (χ0) is 20.3. The molecule has 3 aromatic rings. The number of anilines is 1. The van der Waals surface area contributed by atoms with Gasteiger partial charge in [0.05, 0.1) is 34.6 Å². The molecule has 0 saturated heterocycles. The van der Waals surface area contributed by atoms with Crippen molar-refractivity contribution in [2.75, 3.05) is 5.32 Å². The molecule has 0 radical (unpaired) electrons. The predicted octanol–water partition coefficient (Wildman–Crippen LogP) is 2.47. The molecular formula is C17H13N5O6. The van der Waals surface area contributed by atoms with Crippen LogP contribution < -0.4 is 10.1 Å². The van der Waals surface area contributed by atoms with E-state index in [1.807, 2.05) is 0 Å². The van der Waals surface area contributed by atoms with Crippen molar-refractivity contribution in [3.8, 4) is 11.5 Å². The SMILES string of the molecule is Cn1ncc(C(=O)Nc2cc(Oc3cccnc3)cc([N+](=O)[O-])c2)c1C(=O)O. The lowest BCUT2D eigenvalue weighted by molar-refractivity contribution is -0.384. The van der Waals surface area contributed by atoms with Gasteiger partial charge in [0, 0.05) is 25.4 Å². The van der Waals surface area contributed by atoms with Crippen molar-refractivity contribution in [1.29, 1.82) is 0 Å². The molecule has 0 unspecified atom stereocenters. The van der Waals surface area contributed by atoms with Crippen LogP contribution in [0.3, 0.4) is 0 Å². The van der Waals surface area contributed by atoms with Crippen LogP contribution >= 0.6 is 0 Å². The van der Waals surface area contributed by atoms with Gasteiger partial charge >= 0.3 is 5.97 Å². The molecule has 0 atom stereocenters. The Morgan fingerprint density at radius 2 is 2.04 bits per heavy atom. The first-order chi connectivity index (χ1) is 13.3. The number of ether oxygens (including phenoxy) is 1. The maximum atomic E-state index is 12.5. The first kappa shape index (κ1) is 18.5. The number of rotatable bonds is 6. The molecule has 0 aliphatic carbocycles. The first-order valence-corrected chi connectivity index (χ1v) is 7.79. The number of pyridine rings is 1. The lowest BCUT2D eigenvalue weighted by Crippen LogP contribution is -2.17. The van der Waals surface area contributed by atoms with E-state index in [1.54, 1.807) is 18.3 Å². The van der Waals surface area contributed by atoms with E-state index in [4.69, 9.17) is 4.74 Å². The normalized spacial score (nSPS) is 10.3. The third kappa shape index (κ3) is 3.93. The standard InChI is InChI=1S/C17H13N5O6/c1-21-15(17(24)25)14(9-19-21)16(23)20-10-5-11(22(26)27)7-13(6-10)28-12-3-2-4-18-8-12/h2-9H,1H3,(H,20,23)(H,24,25). The molecule has 3 rings (SSSR count). The van der Waals surface area contributed by atoms with Gasteiger partial charge in [0.25, 0.3) is 11.6 Å². The Hall–Kier alpha value is -4.28. The highest BCUT2D eigenvalue weighted by Gasteiger charge is 2.22. The number of aromatic carboxylic acids is 1. The molecule has 0 bridgehead atoms. The number of amides is 1. The second-order valence-corrected chi connectivity index (χ2v) is 5.55. The van der Waals surface area contributed by atoms with E-state index in [-0.39, 0.29) is 28.4 Å². The summed E-state index contributed by atoms with van der Waals surface area (Å²) in [5.74, 6) is -1.66. The number of nitrogens with one attached hydrogen (secondary N) is 1. The molecular weight excluding hydrogens is 370 g/mol. The minimum absolute atomic E-state index is 0.0540. The van der Waals surface area contributed by atoms with Crippen molar-refractivity contribution in [2.24, 2.45) is 7.05 Å². The van der Waals surface area contributed by atoms with Gasteiger partial charge in [-0.1, -0.05) is 0 Å². The van der Waals surface area contributed by atoms with Gasteiger partial charge in [-0.15, -0.1) is 0 Å². The highest BCUT2D eigenvalue weighted by atomic mass is 16.6. The number of carbonyl (C=O) groups excluding carboxylic acids is 1. The van der Waals surface area contributed by atoms with Crippen LogP contribution in [0.2, 0.25) is 0 Å². The summed E-state index contributed by atoms with van der Waals surface area (Å²) < 4.78 is 6.58. The maximum absolute atomic E-state index is 12.5. The lowest BCUT2D eigenvalue weighted by atomic mass is 10.2. The average Bonchev–Trinajstić information content (AvgIpc) is 3.04. The fourth-order valence-electron chi connectivity index (χ4n) is 2.42. The summed E-state index contributed by atoms with van der Waals surface area (Å²) in [4.78, 5) is 38.2. The van der Waals surface area contributed by atoms with Gasteiger partial charge in [-0.3, -0.25) is 24.6 Å². The van der Waals surface area contributed by atoms with E-state index in [0.717, 1.165) is 16.9 Å². The van der Waals surface area contributed by atoms with Crippen molar-refractivity contribution in [2.45, 2.75) is 0 Å². The lowest BCUT2D eigenvalue weighted by Gasteiger charge is -2.09. The number of aromatic nitrogens is 3. The molecule has 11 heteroatoms. The first-order valence-electron chi connectivity index (χ1n) is 7.79. The monoisotopic (exact) mass is 383 g/mol. The Bertz CT molecular complexity index is 1060. The molecule has 142 valence electrons. The highest BCUT2D eigenvalue weighted by molar-refractivity contribution is 6.10. The van der Waals surface area contributed by atoms with Gasteiger partial charge in [0.2, 0.25) is 0 Å². The van der Waals surface area contributed by atoms with E-state index in [0.29, 0.717) is 5.75 Å². The van der Waals surface area contributed by atoms with E-state index >= 15 is 0 Å². The Balaban J connectivity index is 1.92. The summed E-state index contributed by atoms with van der Waals surface area (Å²) in [5.41, 5.74) is -0.759. The van der Waals surface area contributed by atoms with Crippen molar-refractivity contribution in [1.82, 2.24) is 14.8 Å². The van der Waals surface area contributed by atoms with Crippen LogP contribution in [0.4, 0.5) is 11.4 Å². The molecule has 2 heterocycles. The van der Waals surface area contributed by atoms with Gasteiger partial charge in [-0.05, 0) is 12.1 Å². The summed E-state index contributed by atoms with van der Waals surface area (Å²) >= 11 is 0. The van der Waals surface area contributed by atoms with E-state index < -0.39 is 16.8 Å². The van der Waals surface area contributed by atoms with Crippen molar-refractivity contribution >= 4 is 23.3 Å². The number of non-ortho nitro benzene ring substituents is 1. The van der Waals surface area contributed by atoms with E-state index in [9.17, 15) is 24.8 Å². The minimum atomic E-state index is -1.33. The molecule has 0 saturated carbocycles. The molecule has 0 spiro atoms. The molecule has 28 heavy (non-hydrogen) atoms. The molecule has 1 amide bonds. The summed E-state index contributed by atoms with van der Waals surface area (Å²) in [6.45, 7) is 0. The average molecular weight is 383 g/mol. The van der Waals surface area contributed by atoms with Crippen molar-refractivity contribution in [3.05, 3.63) is 70.3 Å². The Labute approximate surface area is 157 Å². The number of nitrogens with zero attached hydrogens (tertiary/aromatic N) is 4. The predicted molar refractivity (Wildman–Crippen MR) is 95.5 cm³/mol. The number of carboxylic acids is 1. The van der Waals surface area contributed by atoms with Crippen LogP contribution in [0, 0.1) is 10.1 Å². The molecule has 11 nitrogen and oxygen atoms in total.